The van der Waals surface area contributed by atoms with Crippen molar-refractivity contribution in [1.82, 2.24) is 10.2 Å². The first-order valence-electron chi connectivity index (χ1n) is 10.7. The molecule has 7 N–H and O–H groups in total. The number of Topliss-reactive ketones (excluding diaryl/α,β-unsaturated/α-hetero) is 2. The Morgan fingerprint density at radius 3 is 2.50 bits per heavy atom. The lowest BCUT2D eigenvalue weighted by molar-refractivity contribution is -0.153. The van der Waals surface area contributed by atoms with Gasteiger partial charge in [-0.15, -0.1) is 0 Å². The van der Waals surface area contributed by atoms with E-state index in [0.717, 1.165) is 6.07 Å². The number of hydrogen-bond donors (Lipinski definition) is 6. The standard InChI is InChI=1S/C23H26FN3O7/c1-26-7-9-6-12(28)14-10(16(9)24)4-8-5-11-17(27(2)3)19(30)15(22(25)33)21(32)23(11,34)20(31)13(8)18(14)29/h6,8,11,17,26,28-29,32,34H,4-5,7H2,1-3H3,(H2,25,33)/t8-,11-,17-,23-/m0/s1. The molecular formula is C23H26FN3O7. The minimum absolute atomic E-state index is 0.0101. The number of carbonyl (C=O) groups is 3. The maximum atomic E-state index is 15.2. The summed E-state index contributed by atoms with van der Waals surface area (Å²) in [6.45, 7) is 0.113. The van der Waals surface area contributed by atoms with Crippen molar-refractivity contribution < 1.29 is 39.2 Å². The van der Waals surface area contributed by atoms with Crippen LogP contribution in [0, 0.1) is 17.7 Å². The van der Waals surface area contributed by atoms with E-state index in [1.54, 1.807) is 7.05 Å². The first-order valence-corrected chi connectivity index (χ1v) is 10.7. The fraction of sp³-hybridized carbons (Fsp3) is 0.435. The number of amides is 1. The SMILES string of the molecule is CNCc1cc(O)c2c(c1F)C[C@H]1C[C@H]3[C@H](N(C)C)C(=O)C(C(N)=O)=C(O)[C@@]3(O)C(=O)C1=C2O. The van der Waals surface area contributed by atoms with E-state index in [1.807, 2.05) is 0 Å². The summed E-state index contributed by atoms with van der Waals surface area (Å²) in [4.78, 5) is 40.0. The number of aliphatic hydroxyl groups excluding tert-OH is 2. The van der Waals surface area contributed by atoms with Crippen LogP contribution in [0.2, 0.25) is 0 Å². The van der Waals surface area contributed by atoms with E-state index < -0.39 is 69.6 Å². The van der Waals surface area contributed by atoms with Crippen LogP contribution in [0.25, 0.3) is 5.76 Å². The number of likely N-dealkylation sites (N-methyl/N-ethyl adjacent to an activating group) is 1. The zero-order valence-electron chi connectivity index (χ0n) is 18.8. The van der Waals surface area contributed by atoms with Crippen LogP contribution in [-0.2, 0) is 27.3 Å². The van der Waals surface area contributed by atoms with Gasteiger partial charge in [0.25, 0.3) is 5.91 Å². The van der Waals surface area contributed by atoms with Gasteiger partial charge in [-0.1, -0.05) is 0 Å². The van der Waals surface area contributed by atoms with Gasteiger partial charge in [0.2, 0.25) is 5.78 Å². The van der Waals surface area contributed by atoms with Crippen LogP contribution < -0.4 is 11.1 Å². The van der Waals surface area contributed by atoms with Crippen molar-refractivity contribution in [1.29, 1.82) is 0 Å². The third-order valence-electron chi connectivity index (χ3n) is 7.10. The van der Waals surface area contributed by atoms with E-state index in [1.165, 1.54) is 19.0 Å². The second-order valence-corrected chi connectivity index (χ2v) is 9.21. The minimum atomic E-state index is -2.72. The molecule has 10 nitrogen and oxygen atoms in total. The fourth-order valence-corrected chi connectivity index (χ4v) is 5.67. The van der Waals surface area contributed by atoms with Crippen molar-refractivity contribution >= 4 is 23.2 Å². The van der Waals surface area contributed by atoms with Gasteiger partial charge in [0, 0.05) is 29.2 Å². The number of halogens is 1. The Bertz CT molecular complexity index is 1210. The summed E-state index contributed by atoms with van der Waals surface area (Å²) in [5, 5.41) is 46.5. The average molecular weight is 475 g/mol. The Morgan fingerprint density at radius 1 is 1.29 bits per heavy atom. The summed E-state index contributed by atoms with van der Waals surface area (Å²) in [6, 6.07) is -0.0532. The molecule has 1 aromatic carbocycles. The molecule has 3 aliphatic rings. The van der Waals surface area contributed by atoms with Crippen molar-refractivity contribution in [3.63, 3.8) is 0 Å². The normalized spacial score (nSPS) is 28.7. The highest BCUT2D eigenvalue weighted by molar-refractivity contribution is 6.24. The number of primary amides is 1. The van der Waals surface area contributed by atoms with Gasteiger partial charge >= 0.3 is 0 Å². The zero-order chi connectivity index (χ0) is 25.3. The van der Waals surface area contributed by atoms with Crippen LogP contribution in [0.3, 0.4) is 0 Å². The van der Waals surface area contributed by atoms with E-state index in [9.17, 15) is 34.8 Å². The van der Waals surface area contributed by atoms with E-state index in [-0.39, 0.29) is 41.6 Å². The van der Waals surface area contributed by atoms with Gasteiger partial charge in [0.05, 0.1) is 11.6 Å². The summed E-state index contributed by atoms with van der Waals surface area (Å²) < 4.78 is 15.2. The largest absolute Gasteiger partial charge is 0.508 e. The van der Waals surface area contributed by atoms with Gasteiger partial charge in [-0.25, -0.2) is 4.39 Å². The molecule has 0 aliphatic heterocycles. The van der Waals surface area contributed by atoms with E-state index >= 15 is 4.39 Å². The molecule has 0 spiro atoms. The highest BCUT2D eigenvalue weighted by Gasteiger charge is 2.64. The molecule has 11 heteroatoms. The number of aromatic hydroxyl groups is 1. The maximum Gasteiger partial charge on any atom is 0.255 e. The number of aliphatic hydroxyl groups is 3. The molecule has 1 saturated carbocycles. The van der Waals surface area contributed by atoms with Crippen LogP contribution >= 0.6 is 0 Å². The molecule has 0 aromatic heterocycles. The number of fused-ring (bicyclic) bond motifs is 3. The van der Waals surface area contributed by atoms with Gasteiger partial charge in [-0.05, 0) is 46.0 Å². The molecule has 34 heavy (non-hydrogen) atoms. The summed E-state index contributed by atoms with van der Waals surface area (Å²) >= 11 is 0. The maximum absolute atomic E-state index is 15.2. The Hall–Kier alpha value is -3.28. The molecule has 0 heterocycles. The van der Waals surface area contributed by atoms with Crippen molar-refractivity contribution in [2.45, 2.75) is 31.0 Å². The predicted molar refractivity (Wildman–Crippen MR) is 117 cm³/mol. The predicted octanol–water partition coefficient (Wildman–Crippen LogP) is -0.177. The molecule has 3 aliphatic carbocycles. The van der Waals surface area contributed by atoms with Gasteiger partial charge < -0.3 is 31.5 Å². The van der Waals surface area contributed by atoms with E-state index in [2.05, 4.69) is 5.32 Å². The topological polar surface area (TPSA) is 173 Å². The van der Waals surface area contributed by atoms with Crippen molar-refractivity contribution in [2.24, 2.45) is 17.6 Å². The van der Waals surface area contributed by atoms with Gasteiger partial charge in [0.15, 0.2) is 11.4 Å². The first-order chi connectivity index (χ1) is 15.9. The number of carbonyl (C=O) groups excluding carboxylic acids is 3. The molecular weight excluding hydrogens is 449 g/mol. The molecule has 0 unspecified atom stereocenters. The molecule has 1 amide bonds. The second kappa shape index (κ2) is 7.90. The third kappa shape index (κ3) is 3.00. The van der Waals surface area contributed by atoms with E-state index in [4.69, 9.17) is 5.73 Å². The number of nitrogens with zero attached hydrogens (tertiary/aromatic N) is 1. The highest BCUT2D eigenvalue weighted by atomic mass is 19.1. The molecule has 182 valence electrons. The number of nitrogens with one attached hydrogen (secondary N) is 1. The molecule has 1 aromatic rings. The first kappa shape index (κ1) is 23.9. The number of benzene rings is 1. The minimum Gasteiger partial charge on any atom is -0.508 e. The molecule has 4 atom stereocenters. The number of ketones is 2. The van der Waals surface area contributed by atoms with Gasteiger partial charge in [0.1, 0.15) is 28.7 Å². The summed E-state index contributed by atoms with van der Waals surface area (Å²) in [7, 11) is 4.62. The molecule has 1 fully saturated rings. The lowest BCUT2D eigenvalue weighted by atomic mass is 9.57. The quantitative estimate of drug-likeness (QED) is 0.323. The Morgan fingerprint density at radius 2 is 1.94 bits per heavy atom. The van der Waals surface area contributed by atoms with Gasteiger partial charge in [-0.2, -0.15) is 0 Å². The number of nitrogens with two attached hydrogens (primary N) is 1. The van der Waals surface area contributed by atoms with Crippen LogP contribution in [0.1, 0.15) is 23.1 Å². The van der Waals surface area contributed by atoms with E-state index in [0.29, 0.717) is 0 Å². The monoisotopic (exact) mass is 475 g/mol. The van der Waals surface area contributed by atoms with Crippen LogP contribution in [0.4, 0.5) is 4.39 Å². The Balaban J connectivity index is 1.97. The molecule has 0 saturated heterocycles. The Labute approximate surface area is 194 Å². The van der Waals surface area contributed by atoms with Crippen molar-refractivity contribution in [2.75, 3.05) is 21.1 Å². The smallest absolute Gasteiger partial charge is 0.255 e. The van der Waals surface area contributed by atoms with Crippen molar-refractivity contribution in [3.8, 4) is 5.75 Å². The second-order valence-electron chi connectivity index (χ2n) is 9.21. The lowest BCUT2D eigenvalue weighted by Crippen LogP contribution is -2.65. The summed E-state index contributed by atoms with van der Waals surface area (Å²) in [6.07, 6.45) is -0.187. The summed E-state index contributed by atoms with van der Waals surface area (Å²) in [5.41, 5.74) is 1.26. The fourth-order valence-electron chi connectivity index (χ4n) is 5.67. The van der Waals surface area contributed by atoms with Crippen molar-refractivity contribution in [3.05, 3.63) is 45.5 Å². The van der Waals surface area contributed by atoms with Gasteiger partial charge in [-0.3, -0.25) is 19.3 Å². The number of rotatable bonds is 4. The molecule has 4 rings (SSSR count). The lowest BCUT2D eigenvalue weighted by Gasteiger charge is -2.50. The number of phenolic OH excluding ortho intramolecular Hbond substituents is 1. The zero-order valence-corrected chi connectivity index (χ0v) is 18.8. The highest BCUT2D eigenvalue weighted by Crippen LogP contribution is 2.53. The number of phenols is 1. The Kier molecular flexibility index (Phi) is 5.54. The molecule has 0 radical (unpaired) electrons. The number of hydrogen-bond acceptors (Lipinski definition) is 9. The van der Waals surface area contributed by atoms with Crippen LogP contribution in [-0.4, -0.2) is 75.6 Å². The average Bonchev–Trinajstić information content (AvgIpc) is 2.73. The third-order valence-corrected chi connectivity index (χ3v) is 7.10. The van der Waals surface area contributed by atoms with Crippen LogP contribution in [0.15, 0.2) is 23.0 Å². The molecule has 0 bridgehead atoms. The summed E-state index contributed by atoms with van der Waals surface area (Å²) in [5.74, 6) is -8.28. The van der Waals surface area contributed by atoms with Crippen LogP contribution in [0.5, 0.6) is 5.75 Å².